The van der Waals surface area contributed by atoms with Crippen LogP contribution in [-0.2, 0) is 14.3 Å². The summed E-state index contributed by atoms with van der Waals surface area (Å²) in [5.74, 6) is -0.741. The van der Waals surface area contributed by atoms with Gasteiger partial charge >= 0.3 is 11.9 Å². The van der Waals surface area contributed by atoms with Gasteiger partial charge < -0.3 is 9.84 Å². The first-order chi connectivity index (χ1) is 10.5. The Morgan fingerprint density at radius 2 is 1.77 bits per heavy atom. The van der Waals surface area contributed by atoms with Crippen LogP contribution >= 0.6 is 0 Å². The summed E-state index contributed by atoms with van der Waals surface area (Å²) < 4.78 is 5.10. The quantitative estimate of drug-likeness (QED) is 0.458. The predicted octanol–water partition coefficient (Wildman–Crippen LogP) is 4.95. The van der Waals surface area contributed by atoms with E-state index < -0.39 is 5.97 Å². The number of unbranched alkanes of at least 4 members (excludes halogenated alkanes) is 3. The van der Waals surface area contributed by atoms with Gasteiger partial charge in [-0.05, 0) is 32.1 Å². The van der Waals surface area contributed by atoms with Gasteiger partial charge in [0.25, 0.3) is 0 Å². The van der Waals surface area contributed by atoms with Crippen LogP contribution in [0.4, 0.5) is 0 Å². The summed E-state index contributed by atoms with van der Waals surface area (Å²) in [6, 6.07) is 0. The molecule has 1 saturated heterocycles. The van der Waals surface area contributed by atoms with Gasteiger partial charge in [-0.2, -0.15) is 0 Å². The molecule has 4 nitrogen and oxygen atoms in total. The molecule has 0 aromatic heterocycles. The molecule has 0 aromatic rings. The molecule has 0 bridgehead atoms. The first-order valence-electron chi connectivity index (χ1n) is 8.97. The molecule has 130 valence electrons. The van der Waals surface area contributed by atoms with E-state index in [9.17, 15) is 9.59 Å². The van der Waals surface area contributed by atoms with Crippen LogP contribution in [0.25, 0.3) is 0 Å². The normalized spacial score (nSPS) is 17.1. The van der Waals surface area contributed by atoms with Crippen molar-refractivity contribution in [2.75, 3.05) is 0 Å². The molecule has 0 aromatic carbocycles. The van der Waals surface area contributed by atoms with Gasteiger partial charge in [0.1, 0.15) is 6.10 Å². The molecular formula is C18H34O4. The van der Waals surface area contributed by atoms with Crippen LogP contribution in [0.1, 0.15) is 91.4 Å². The standard InChI is InChI=1S/C10H18O2.C8H16O2/c1-2-3-4-5-6-9-7-8-10(11)12-9;1-3-5-7(6-4-2)8(9)10/h9H,2-8H2,1H3;7H,3-6H2,1-2H3,(H,9,10). The van der Waals surface area contributed by atoms with Crippen molar-refractivity contribution in [3.8, 4) is 0 Å². The third-order valence-electron chi connectivity index (χ3n) is 3.97. The summed E-state index contributed by atoms with van der Waals surface area (Å²) in [7, 11) is 0. The van der Waals surface area contributed by atoms with E-state index in [4.69, 9.17) is 9.84 Å². The molecular weight excluding hydrogens is 280 g/mol. The van der Waals surface area contributed by atoms with E-state index in [0.717, 1.165) is 38.5 Å². The Hall–Kier alpha value is -1.06. The topological polar surface area (TPSA) is 63.6 Å². The monoisotopic (exact) mass is 314 g/mol. The first-order valence-corrected chi connectivity index (χ1v) is 8.97. The number of cyclic esters (lactones) is 1. The van der Waals surface area contributed by atoms with Gasteiger partial charge in [0.05, 0.1) is 5.92 Å². The largest absolute Gasteiger partial charge is 0.481 e. The lowest BCUT2D eigenvalue weighted by Gasteiger charge is -2.07. The van der Waals surface area contributed by atoms with Gasteiger partial charge in [-0.25, -0.2) is 0 Å². The zero-order valence-electron chi connectivity index (χ0n) is 14.6. The molecule has 1 atom stereocenters. The van der Waals surface area contributed by atoms with Crippen molar-refractivity contribution in [1.29, 1.82) is 0 Å². The predicted molar refractivity (Wildman–Crippen MR) is 88.8 cm³/mol. The summed E-state index contributed by atoms with van der Waals surface area (Å²) in [6.45, 7) is 6.24. The molecule has 1 rings (SSSR count). The minimum absolute atomic E-state index is 0.00417. The summed E-state index contributed by atoms with van der Waals surface area (Å²) in [4.78, 5) is 21.2. The minimum atomic E-state index is -0.635. The smallest absolute Gasteiger partial charge is 0.306 e. The number of hydrogen-bond donors (Lipinski definition) is 1. The number of carbonyl (C=O) groups excluding carboxylic acids is 1. The summed E-state index contributed by atoms with van der Waals surface area (Å²) in [5.41, 5.74) is 0. The fourth-order valence-electron chi connectivity index (χ4n) is 2.67. The fraction of sp³-hybridized carbons (Fsp3) is 0.889. The number of carboxylic acid groups (broad SMARTS) is 1. The van der Waals surface area contributed by atoms with Crippen LogP contribution in [-0.4, -0.2) is 23.1 Å². The molecule has 0 radical (unpaired) electrons. The maximum Gasteiger partial charge on any atom is 0.306 e. The van der Waals surface area contributed by atoms with Crippen LogP contribution < -0.4 is 0 Å². The molecule has 4 heteroatoms. The second-order valence-electron chi connectivity index (χ2n) is 6.11. The average Bonchev–Trinajstić information content (AvgIpc) is 2.90. The number of hydrogen-bond acceptors (Lipinski definition) is 3. The lowest BCUT2D eigenvalue weighted by Crippen LogP contribution is -2.12. The highest BCUT2D eigenvalue weighted by molar-refractivity contribution is 5.71. The number of carbonyl (C=O) groups is 2. The molecule has 0 spiro atoms. The van der Waals surface area contributed by atoms with Gasteiger partial charge in [-0.1, -0.05) is 52.9 Å². The maximum atomic E-state index is 10.7. The molecule has 1 unspecified atom stereocenters. The summed E-state index contributed by atoms with van der Waals surface area (Å²) >= 11 is 0. The Bertz CT molecular complexity index is 295. The van der Waals surface area contributed by atoms with Gasteiger partial charge in [-0.3, -0.25) is 9.59 Å². The molecule has 1 N–H and O–H groups in total. The second kappa shape index (κ2) is 13.6. The number of carboxylic acids is 1. The van der Waals surface area contributed by atoms with E-state index in [1.54, 1.807) is 0 Å². The lowest BCUT2D eigenvalue weighted by molar-refractivity contribution is -0.142. The van der Waals surface area contributed by atoms with Crippen LogP contribution in [0.3, 0.4) is 0 Å². The minimum Gasteiger partial charge on any atom is -0.481 e. The molecule has 1 aliphatic heterocycles. The maximum absolute atomic E-state index is 10.7. The van der Waals surface area contributed by atoms with Crippen molar-refractivity contribution >= 4 is 11.9 Å². The Labute approximate surface area is 135 Å². The summed E-state index contributed by atoms with van der Waals surface area (Å²) in [5, 5.41) is 8.64. The van der Waals surface area contributed by atoms with E-state index in [1.165, 1.54) is 25.7 Å². The van der Waals surface area contributed by atoms with Crippen molar-refractivity contribution in [3.63, 3.8) is 0 Å². The van der Waals surface area contributed by atoms with Crippen LogP contribution in [0.5, 0.6) is 0 Å². The zero-order valence-corrected chi connectivity index (χ0v) is 14.6. The van der Waals surface area contributed by atoms with Crippen molar-refractivity contribution < 1.29 is 19.4 Å². The number of esters is 1. The number of rotatable bonds is 10. The van der Waals surface area contributed by atoms with E-state index >= 15 is 0 Å². The van der Waals surface area contributed by atoms with Crippen LogP contribution in [0.15, 0.2) is 0 Å². The van der Waals surface area contributed by atoms with Crippen LogP contribution in [0, 0.1) is 5.92 Å². The highest BCUT2D eigenvalue weighted by atomic mass is 16.5. The lowest BCUT2D eigenvalue weighted by atomic mass is 9.99. The van der Waals surface area contributed by atoms with Crippen molar-refractivity contribution in [1.82, 2.24) is 0 Å². The molecule has 1 fully saturated rings. The van der Waals surface area contributed by atoms with E-state index in [-0.39, 0.29) is 18.0 Å². The summed E-state index contributed by atoms with van der Waals surface area (Å²) in [6.07, 6.45) is 11.6. The van der Waals surface area contributed by atoms with E-state index in [2.05, 4.69) is 6.92 Å². The molecule has 22 heavy (non-hydrogen) atoms. The van der Waals surface area contributed by atoms with Gasteiger partial charge in [-0.15, -0.1) is 0 Å². The third-order valence-corrected chi connectivity index (χ3v) is 3.97. The van der Waals surface area contributed by atoms with Crippen molar-refractivity contribution in [3.05, 3.63) is 0 Å². The van der Waals surface area contributed by atoms with E-state index in [0.29, 0.717) is 6.42 Å². The highest BCUT2D eigenvalue weighted by Crippen LogP contribution is 2.19. The first kappa shape index (κ1) is 20.9. The van der Waals surface area contributed by atoms with Crippen molar-refractivity contribution in [2.24, 2.45) is 5.92 Å². The Morgan fingerprint density at radius 3 is 2.18 bits per heavy atom. The van der Waals surface area contributed by atoms with E-state index in [1.807, 2.05) is 13.8 Å². The van der Waals surface area contributed by atoms with Crippen molar-refractivity contribution in [2.45, 2.75) is 97.5 Å². The fourth-order valence-corrected chi connectivity index (χ4v) is 2.67. The van der Waals surface area contributed by atoms with Gasteiger partial charge in [0.15, 0.2) is 0 Å². The third kappa shape index (κ3) is 10.6. The zero-order chi connectivity index (χ0) is 16.8. The Morgan fingerprint density at radius 1 is 1.14 bits per heavy atom. The number of ether oxygens (including phenoxy) is 1. The molecule has 0 saturated carbocycles. The molecule has 0 amide bonds. The Balaban J connectivity index is 0.000000409. The molecule has 1 heterocycles. The highest BCUT2D eigenvalue weighted by Gasteiger charge is 2.22. The average molecular weight is 314 g/mol. The van der Waals surface area contributed by atoms with Gasteiger partial charge in [0, 0.05) is 6.42 Å². The molecule has 1 aliphatic rings. The number of aliphatic carboxylic acids is 1. The Kier molecular flexibility index (Phi) is 12.9. The van der Waals surface area contributed by atoms with Gasteiger partial charge in [0.2, 0.25) is 0 Å². The molecule has 0 aliphatic carbocycles. The SMILES string of the molecule is CCCC(CCC)C(=O)O.CCCCCCC1CCC(=O)O1. The van der Waals surface area contributed by atoms with Crippen LogP contribution in [0.2, 0.25) is 0 Å². The second-order valence-corrected chi connectivity index (χ2v) is 6.11.